The van der Waals surface area contributed by atoms with Crippen molar-refractivity contribution in [2.24, 2.45) is 11.7 Å². The van der Waals surface area contributed by atoms with Crippen LogP contribution in [0.1, 0.15) is 12.8 Å². The first kappa shape index (κ1) is 10.5. The number of nitrogens with one attached hydrogen (secondary N) is 1. The Hall–Kier alpha value is -1.62. The van der Waals surface area contributed by atoms with E-state index in [1.165, 1.54) is 12.8 Å². The second-order valence-electron chi connectivity index (χ2n) is 4.62. The van der Waals surface area contributed by atoms with Crippen LogP contribution < -0.4 is 10.6 Å². The largest absolute Gasteiger partial charge is 0.342 e. The van der Waals surface area contributed by atoms with Crippen LogP contribution in [0, 0.1) is 5.92 Å². The third-order valence-electron chi connectivity index (χ3n) is 3.40. The molecule has 3 rings (SSSR count). The average molecular weight is 231 g/mol. The SMILES string of the molecule is NC[C@@H]1CCCN(c2nc3ncccc3[nH]2)C1. The van der Waals surface area contributed by atoms with Crippen LogP contribution in [0.15, 0.2) is 18.3 Å². The fourth-order valence-corrected chi connectivity index (χ4v) is 2.43. The highest BCUT2D eigenvalue weighted by Crippen LogP contribution is 2.21. The smallest absolute Gasteiger partial charge is 0.205 e. The Morgan fingerprint density at radius 1 is 1.53 bits per heavy atom. The summed E-state index contributed by atoms with van der Waals surface area (Å²) in [5.74, 6) is 1.52. The number of nitrogens with zero attached hydrogens (tertiary/aromatic N) is 3. The molecule has 0 bridgehead atoms. The molecule has 1 aliphatic heterocycles. The molecule has 1 atom stereocenters. The molecule has 0 spiro atoms. The normalized spacial score (nSPS) is 21.0. The predicted molar refractivity (Wildman–Crippen MR) is 67.9 cm³/mol. The minimum Gasteiger partial charge on any atom is -0.342 e. The maximum atomic E-state index is 5.75. The second-order valence-corrected chi connectivity index (χ2v) is 4.62. The zero-order valence-corrected chi connectivity index (χ0v) is 9.76. The van der Waals surface area contributed by atoms with Gasteiger partial charge in [0.15, 0.2) is 5.65 Å². The fraction of sp³-hybridized carbons (Fsp3) is 0.500. The first-order chi connectivity index (χ1) is 8.36. The van der Waals surface area contributed by atoms with Gasteiger partial charge in [0.1, 0.15) is 0 Å². The molecule has 5 heteroatoms. The van der Waals surface area contributed by atoms with E-state index in [4.69, 9.17) is 5.73 Å². The molecule has 1 fully saturated rings. The number of fused-ring (bicyclic) bond motifs is 1. The molecule has 1 saturated heterocycles. The summed E-state index contributed by atoms with van der Waals surface area (Å²) in [4.78, 5) is 14.4. The van der Waals surface area contributed by atoms with Gasteiger partial charge in [-0.2, -0.15) is 4.98 Å². The molecule has 0 radical (unpaired) electrons. The molecule has 0 aliphatic carbocycles. The number of piperidine rings is 1. The van der Waals surface area contributed by atoms with E-state index in [0.29, 0.717) is 5.92 Å². The Balaban J connectivity index is 1.87. The summed E-state index contributed by atoms with van der Waals surface area (Å²) >= 11 is 0. The lowest BCUT2D eigenvalue weighted by molar-refractivity contribution is 0.420. The molecule has 3 N–H and O–H groups in total. The molecule has 0 saturated carbocycles. The van der Waals surface area contributed by atoms with Crippen LogP contribution >= 0.6 is 0 Å². The fourth-order valence-electron chi connectivity index (χ4n) is 2.43. The van der Waals surface area contributed by atoms with Crippen LogP contribution in [0.25, 0.3) is 11.2 Å². The quantitative estimate of drug-likeness (QED) is 0.813. The maximum Gasteiger partial charge on any atom is 0.205 e. The zero-order chi connectivity index (χ0) is 11.7. The lowest BCUT2D eigenvalue weighted by Crippen LogP contribution is -2.38. The van der Waals surface area contributed by atoms with Crippen LogP contribution in [0.4, 0.5) is 5.95 Å². The minimum atomic E-state index is 0.588. The number of hydrogen-bond donors (Lipinski definition) is 2. The Bertz CT molecular complexity index is 473. The summed E-state index contributed by atoms with van der Waals surface area (Å²) in [5, 5.41) is 0. The van der Waals surface area contributed by atoms with Crippen LogP contribution in [0.5, 0.6) is 0 Å². The van der Waals surface area contributed by atoms with E-state index in [2.05, 4.69) is 19.9 Å². The van der Waals surface area contributed by atoms with Gasteiger partial charge >= 0.3 is 0 Å². The van der Waals surface area contributed by atoms with Crippen molar-refractivity contribution in [3.05, 3.63) is 18.3 Å². The number of hydrogen-bond acceptors (Lipinski definition) is 4. The van der Waals surface area contributed by atoms with Crippen molar-refractivity contribution >= 4 is 17.1 Å². The highest BCUT2D eigenvalue weighted by atomic mass is 15.3. The average Bonchev–Trinajstić information content (AvgIpc) is 2.82. The van der Waals surface area contributed by atoms with Gasteiger partial charge in [-0.3, -0.25) is 0 Å². The molecule has 0 unspecified atom stereocenters. The number of aromatic amines is 1. The zero-order valence-electron chi connectivity index (χ0n) is 9.76. The van der Waals surface area contributed by atoms with Gasteiger partial charge in [0.25, 0.3) is 0 Å². The van der Waals surface area contributed by atoms with Gasteiger partial charge < -0.3 is 15.6 Å². The van der Waals surface area contributed by atoms with E-state index in [9.17, 15) is 0 Å². The molecular weight excluding hydrogens is 214 g/mol. The van der Waals surface area contributed by atoms with E-state index < -0.39 is 0 Å². The van der Waals surface area contributed by atoms with Gasteiger partial charge in [-0.15, -0.1) is 0 Å². The Morgan fingerprint density at radius 3 is 3.29 bits per heavy atom. The molecule has 2 aromatic rings. The van der Waals surface area contributed by atoms with E-state index in [1.54, 1.807) is 6.20 Å². The standard InChI is InChI=1S/C12H17N5/c13-7-9-3-2-6-17(8-9)12-15-10-4-1-5-14-11(10)16-12/h1,4-5,9H,2-3,6-8,13H2,(H,14,15,16)/t9-/m0/s1. The number of anilines is 1. The molecule has 0 amide bonds. The number of H-pyrrole nitrogens is 1. The van der Waals surface area contributed by atoms with Crippen LogP contribution in [0.2, 0.25) is 0 Å². The third-order valence-corrected chi connectivity index (χ3v) is 3.40. The Labute approximate surface area is 100 Å². The van der Waals surface area contributed by atoms with Crippen molar-refractivity contribution in [1.29, 1.82) is 0 Å². The summed E-state index contributed by atoms with van der Waals surface area (Å²) < 4.78 is 0. The minimum absolute atomic E-state index is 0.588. The van der Waals surface area contributed by atoms with Gasteiger partial charge in [-0.25, -0.2) is 4.98 Å². The first-order valence-corrected chi connectivity index (χ1v) is 6.12. The maximum absolute atomic E-state index is 5.75. The van der Waals surface area contributed by atoms with E-state index in [0.717, 1.165) is 36.7 Å². The summed E-state index contributed by atoms with van der Waals surface area (Å²) in [6.45, 7) is 2.81. The van der Waals surface area contributed by atoms with Crippen molar-refractivity contribution in [1.82, 2.24) is 15.0 Å². The number of imidazole rings is 1. The van der Waals surface area contributed by atoms with Gasteiger partial charge in [0.2, 0.25) is 5.95 Å². The Morgan fingerprint density at radius 2 is 2.47 bits per heavy atom. The van der Waals surface area contributed by atoms with E-state index >= 15 is 0 Å². The van der Waals surface area contributed by atoms with Gasteiger partial charge in [-0.1, -0.05) is 0 Å². The van der Waals surface area contributed by atoms with Gasteiger partial charge in [0, 0.05) is 19.3 Å². The van der Waals surface area contributed by atoms with E-state index in [1.807, 2.05) is 12.1 Å². The van der Waals surface area contributed by atoms with Crippen molar-refractivity contribution in [3.8, 4) is 0 Å². The number of rotatable bonds is 2. The first-order valence-electron chi connectivity index (χ1n) is 6.12. The molecule has 1 aliphatic rings. The predicted octanol–water partition coefficient (Wildman–Crippen LogP) is 1.13. The number of pyridine rings is 1. The highest BCUT2D eigenvalue weighted by Gasteiger charge is 2.21. The Kier molecular flexibility index (Phi) is 2.68. The molecular formula is C12H17N5. The van der Waals surface area contributed by atoms with Gasteiger partial charge in [-0.05, 0) is 37.4 Å². The van der Waals surface area contributed by atoms with Crippen LogP contribution in [-0.4, -0.2) is 34.6 Å². The molecule has 3 heterocycles. The molecule has 2 aromatic heterocycles. The van der Waals surface area contributed by atoms with Crippen LogP contribution in [-0.2, 0) is 0 Å². The molecule has 17 heavy (non-hydrogen) atoms. The van der Waals surface area contributed by atoms with Crippen molar-refractivity contribution in [2.45, 2.75) is 12.8 Å². The third kappa shape index (κ3) is 1.98. The second kappa shape index (κ2) is 4.33. The lowest BCUT2D eigenvalue weighted by Gasteiger charge is -2.31. The summed E-state index contributed by atoms with van der Waals surface area (Å²) in [6.07, 6.45) is 4.18. The summed E-state index contributed by atoms with van der Waals surface area (Å²) in [6, 6.07) is 3.92. The van der Waals surface area contributed by atoms with E-state index in [-0.39, 0.29) is 0 Å². The van der Waals surface area contributed by atoms with Crippen molar-refractivity contribution in [3.63, 3.8) is 0 Å². The number of nitrogens with two attached hydrogens (primary N) is 1. The molecule has 0 aromatic carbocycles. The highest BCUT2D eigenvalue weighted by molar-refractivity contribution is 5.73. The monoisotopic (exact) mass is 231 g/mol. The molecule has 5 nitrogen and oxygen atoms in total. The van der Waals surface area contributed by atoms with Crippen LogP contribution in [0.3, 0.4) is 0 Å². The number of aromatic nitrogens is 3. The van der Waals surface area contributed by atoms with Crippen molar-refractivity contribution in [2.75, 3.05) is 24.5 Å². The van der Waals surface area contributed by atoms with Crippen molar-refractivity contribution < 1.29 is 0 Å². The lowest BCUT2D eigenvalue weighted by atomic mass is 9.99. The molecule has 90 valence electrons. The topological polar surface area (TPSA) is 70.8 Å². The summed E-state index contributed by atoms with van der Waals surface area (Å²) in [5.41, 5.74) is 7.54. The van der Waals surface area contributed by atoms with Gasteiger partial charge in [0.05, 0.1) is 5.52 Å². The summed E-state index contributed by atoms with van der Waals surface area (Å²) in [7, 11) is 0.